The summed E-state index contributed by atoms with van der Waals surface area (Å²) in [4.78, 5) is 37.3. The molecule has 4 unspecified atom stereocenters. The number of esters is 1. The summed E-state index contributed by atoms with van der Waals surface area (Å²) in [5, 5.41) is 14.5. The van der Waals surface area contributed by atoms with Crippen molar-refractivity contribution < 1.29 is 24.2 Å². The summed E-state index contributed by atoms with van der Waals surface area (Å²) in [6.07, 6.45) is 4.78. The maximum atomic E-state index is 12.6. The Morgan fingerprint density at radius 1 is 1.20 bits per heavy atom. The predicted molar refractivity (Wildman–Crippen MR) is 113 cm³/mol. The van der Waals surface area contributed by atoms with Gasteiger partial charge in [-0.3, -0.25) is 14.4 Å². The highest BCUT2D eigenvalue weighted by molar-refractivity contribution is 5.86. The van der Waals surface area contributed by atoms with E-state index in [4.69, 9.17) is 9.84 Å². The van der Waals surface area contributed by atoms with Crippen molar-refractivity contribution in [2.24, 2.45) is 11.8 Å². The van der Waals surface area contributed by atoms with Crippen molar-refractivity contribution in [1.29, 1.82) is 0 Å². The van der Waals surface area contributed by atoms with E-state index in [1.54, 1.807) is 13.8 Å². The summed E-state index contributed by atoms with van der Waals surface area (Å²) < 4.78 is 5.55. The molecule has 4 atom stereocenters. The molecule has 0 saturated carbocycles. The molecule has 1 aliphatic rings. The van der Waals surface area contributed by atoms with E-state index < -0.39 is 12.0 Å². The van der Waals surface area contributed by atoms with Gasteiger partial charge in [-0.1, -0.05) is 42.5 Å². The van der Waals surface area contributed by atoms with Crippen molar-refractivity contribution in [1.82, 2.24) is 10.6 Å². The molecule has 0 fully saturated rings. The summed E-state index contributed by atoms with van der Waals surface area (Å²) in [5.41, 5.74) is 1.06. The molecule has 3 N–H and O–H groups in total. The van der Waals surface area contributed by atoms with Crippen LogP contribution in [0.2, 0.25) is 0 Å². The molecule has 0 saturated heterocycles. The van der Waals surface area contributed by atoms with Crippen molar-refractivity contribution in [3.05, 3.63) is 48.0 Å². The van der Waals surface area contributed by atoms with Gasteiger partial charge in [0.1, 0.15) is 6.10 Å². The first kappa shape index (κ1) is 23.6. The molecule has 0 bridgehead atoms. The highest BCUT2D eigenvalue weighted by Crippen LogP contribution is 2.18. The Labute approximate surface area is 177 Å². The molecule has 1 aliphatic heterocycles. The van der Waals surface area contributed by atoms with Gasteiger partial charge >= 0.3 is 5.97 Å². The average Bonchev–Trinajstić information content (AvgIpc) is 2.73. The summed E-state index contributed by atoms with van der Waals surface area (Å²) in [6.45, 7) is 3.47. The zero-order valence-electron chi connectivity index (χ0n) is 17.7. The lowest BCUT2D eigenvalue weighted by Crippen LogP contribution is -2.41. The number of nitrogens with one attached hydrogen (secondary N) is 2. The van der Waals surface area contributed by atoms with Gasteiger partial charge in [0, 0.05) is 12.5 Å². The molecule has 0 aromatic heterocycles. The average molecular weight is 417 g/mol. The molecule has 1 aromatic rings. The van der Waals surface area contributed by atoms with Gasteiger partial charge in [-0.2, -0.15) is 0 Å². The number of aliphatic hydroxyl groups excluding tert-OH is 1. The number of rotatable bonds is 6. The smallest absolute Gasteiger partial charge is 0.309 e. The second-order valence-electron chi connectivity index (χ2n) is 7.87. The first-order valence-electron chi connectivity index (χ1n) is 10.5. The number of allylic oxidation sites excluding steroid dienone is 2. The van der Waals surface area contributed by atoms with E-state index in [0.29, 0.717) is 19.3 Å². The fraction of sp³-hybridized carbons (Fsp3) is 0.522. The predicted octanol–water partition coefficient (Wildman–Crippen LogP) is 1.75. The van der Waals surface area contributed by atoms with Gasteiger partial charge in [-0.05, 0) is 38.7 Å². The highest BCUT2D eigenvalue weighted by atomic mass is 16.5. The van der Waals surface area contributed by atoms with Crippen LogP contribution < -0.4 is 10.6 Å². The second kappa shape index (κ2) is 12.1. The van der Waals surface area contributed by atoms with E-state index in [1.807, 2.05) is 42.5 Å². The third kappa shape index (κ3) is 7.99. The van der Waals surface area contributed by atoms with Gasteiger partial charge in [0.05, 0.1) is 25.0 Å². The minimum Gasteiger partial charge on any atom is -0.461 e. The maximum Gasteiger partial charge on any atom is 0.309 e. The van der Waals surface area contributed by atoms with Crippen molar-refractivity contribution in [2.75, 3.05) is 13.2 Å². The minimum absolute atomic E-state index is 0.0299. The molecule has 0 spiro atoms. The van der Waals surface area contributed by atoms with Crippen LogP contribution in [0.4, 0.5) is 0 Å². The summed E-state index contributed by atoms with van der Waals surface area (Å²) in [7, 11) is 0. The van der Waals surface area contributed by atoms with Crippen LogP contribution in [-0.2, 0) is 25.5 Å². The van der Waals surface area contributed by atoms with Gasteiger partial charge in [0.15, 0.2) is 0 Å². The van der Waals surface area contributed by atoms with Crippen LogP contribution in [-0.4, -0.2) is 48.2 Å². The Hall–Kier alpha value is -2.67. The molecule has 1 heterocycles. The van der Waals surface area contributed by atoms with Gasteiger partial charge < -0.3 is 20.5 Å². The number of benzene rings is 1. The van der Waals surface area contributed by atoms with Crippen molar-refractivity contribution in [3.63, 3.8) is 0 Å². The molecule has 30 heavy (non-hydrogen) atoms. The van der Waals surface area contributed by atoms with E-state index in [0.717, 1.165) is 5.56 Å². The number of carbonyl (C=O) groups is 3. The summed E-state index contributed by atoms with van der Waals surface area (Å²) >= 11 is 0. The molecule has 164 valence electrons. The maximum absolute atomic E-state index is 12.6. The Morgan fingerprint density at radius 2 is 1.87 bits per heavy atom. The normalized spacial score (nSPS) is 24.0. The molecule has 0 radical (unpaired) electrons. The monoisotopic (exact) mass is 416 g/mol. The molecule has 2 amide bonds. The summed E-state index contributed by atoms with van der Waals surface area (Å²) in [6, 6.07) is 9.43. The Balaban J connectivity index is 2.08. The lowest BCUT2D eigenvalue weighted by atomic mass is 9.94. The number of aliphatic hydroxyl groups is 1. The first-order chi connectivity index (χ1) is 14.4. The zero-order valence-corrected chi connectivity index (χ0v) is 17.7. The lowest BCUT2D eigenvalue weighted by Gasteiger charge is -2.22. The van der Waals surface area contributed by atoms with Gasteiger partial charge in [-0.25, -0.2) is 0 Å². The second-order valence-corrected chi connectivity index (χ2v) is 7.87. The largest absolute Gasteiger partial charge is 0.461 e. The van der Waals surface area contributed by atoms with Crippen LogP contribution in [0.15, 0.2) is 42.5 Å². The van der Waals surface area contributed by atoms with Crippen molar-refractivity contribution in [3.8, 4) is 0 Å². The summed E-state index contributed by atoms with van der Waals surface area (Å²) in [5.74, 6) is -1.65. The Kier molecular flexibility index (Phi) is 9.54. The third-order valence-corrected chi connectivity index (χ3v) is 5.03. The van der Waals surface area contributed by atoms with Gasteiger partial charge in [-0.15, -0.1) is 0 Å². The molecule has 7 heteroatoms. The van der Waals surface area contributed by atoms with Crippen LogP contribution >= 0.6 is 0 Å². The number of amides is 2. The van der Waals surface area contributed by atoms with Gasteiger partial charge in [0.25, 0.3) is 0 Å². The number of hydrogen-bond acceptors (Lipinski definition) is 5. The molecule has 0 aliphatic carbocycles. The number of cyclic esters (lactones) is 1. The quantitative estimate of drug-likeness (QED) is 0.484. The number of hydrogen-bond donors (Lipinski definition) is 3. The van der Waals surface area contributed by atoms with Crippen molar-refractivity contribution in [2.45, 2.75) is 51.7 Å². The number of carbonyl (C=O) groups excluding carboxylic acids is 3. The fourth-order valence-electron chi connectivity index (χ4n) is 3.29. The van der Waals surface area contributed by atoms with Crippen LogP contribution in [0, 0.1) is 11.8 Å². The van der Waals surface area contributed by atoms with Crippen LogP contribution in [0.5, 0.6) is 0 Å². The minimum atomic E-state index is -0.526. The topological polar surface area (TPSA) is 105 Å². The van der Waals surface area contributed by atoms with E-state index in [-0.39, 0.29) is 49.3 Å². The lowest BCUT2D eigenvalue weighted by molar-refractivity contribution is -0.153. The van der Waals surface area contributed by atoms with Gasteiger partial charge in [0.2, 0.25) is 11.8 Å². The van der Waals surface area contributed by atoms with Crippen LogP contribution in [0.1, 0.15) is 38.7 Å². The van der Waals surface area contributed by atoms with E-state index >= 15 is 0 Å². The van der Waals surface area contributed by atoms with Crippen LogP contribution in [0.3, 0.4) is 0 Å². The Bertz CT molecular complexity index is 734. The van der Waals surface area contributed by atoms with E-state index in [2.05, 4.69) is 10.6 Å². The zero-order chi connectivity index (χ0) is 21.9. The molecule has 7 nitrogen and oxygen atoms in total. The number of ether oxygens (including phenoxy) is 1. The highest BCUT2D eigenvalue weighted by Gasteiger charge is 2.25. The molecule has 1 aromatic carbocycles. The molecular weight excluding hydrogens is 384 g/mol. The first-order valence-corrected chi connectivity index (χ1v) is 10.5. The van der Waals surface area contributed by atoms with Crippen LogP contribution in [0.25, 0.3) is 0 Å². The third-order valence-electron chi connectivity index (χ3n) is 5.03. The Morgan fingerprint density at radius 3 is 2.53 bits per heavy atom. The molecule has 2 rings (SSSR count). The van der Waals surface area contributed by atoms with Crippen molar-refractivity contribution >= 4 is 17.8 Å². The van der Waals surface area contributed by atoms with E-state index in [1.165, 1.54) is 0 Å². The fourth-order valence-corrected chi connectivity index (χ4v) is 3.29. The SMILES string of the molecule is CC(CO)NC(=O)CC1CC=CCC(Cc2ccccc2)C(=O)OC(C)CNC1=O. The standard InChI is InChI=1S/C23H32N2O5/c1-16(15-26)25-21(27)13-19-10-6-7-11-20(12-18-8-4-3-5-9-18)23(29)30-17(2)14-24-22(19)28/h3-9,16-17,19-20,26H,10-15H2,1-2H3,(H,24,28)(H,25,27). The molecular formula is C23H32N2O5. The van der Waals surface area contributed by atoms with E-state index in [9.17, 15) is 14.4 Å².